The Morgan fingerprint density at radius 1 is 0.286 bits per heavy atom. The van der Waals surface area contributed by atoms with Gasteiger partial charge in [-0.25, -0.2) is 19.9 Å². The van der Waals surface area contributed by atoms with Crippen LogP contribution in [-0.2, 0) is 0 Å². The van der Waals surface area contributed by atoms with E-state index in [0.717, 1.165) is 87.1 Å². The molecule has 6 heteroatoms. The molecule has 56 heavy (non-hydrogen) atoms. The molecule has 0 spiro atoms. The molecular weight excluding hydrogens is 721 g/mol. The highest BCUT2D eigenvalue weighted by atomic mass is 32.1. The number of hydrogen-bond acceptors (Lipinski definition) is 6. The molecule has 7 aromatic carbocycles. The molecule has 0 aliphatic rings. The van der Waals surface area contributed by atoms with Crippen LogP contribution in [0.15, 0.2) is 182 Å². The van der Waals surface area contributed by atoms with Crippen molar-refractivity contribution in [3.63, 3.8) is 0 Å². The summed E-state index contributed by atoms with van der Waals surface area (Å²) in [5.74, 6) is 1.42. The summed E-state index contributed by atoms with van der Waals surface area (Å²) in [5, 5.41) is 2.29. The molecule has 11 rings (SSSR count). The summed E-state index contributed by atoms with van der Waals surface area (Å²) < 4.78 is 4.55. The van der Waals surface area contributed by atoms with Crippen LogP contribution >= 0.6 is 22.7 Å². The molecule has 0 radical (unpaired) electrons. The lowest BCUT2D eigenvalue weighted by Crippen LogP contribution is -1.95. The van der Waals surface area contributed by atoms with E-state index in [1.54, 1.807) is 22.7 Å². The highest BCUT2D eigenvalue weighted by molar-refractivity contribution is 7.26. The monoisotopic (exact) mass is 750 g/mol. The molecule has 0 aliphatic carbocycles. The van der Waals surface area contributed by atoms with Crippen LogP contribution in [-0.4, -0.2) is 19.9 Å². The second-order valence-electron chi connectivity index (χ2n) is 13.8. The van der Waals surface area contributed by atoms with Gasteiger partial charge in [-0.05, 0) is 46.5 Å². The smallest absolute Gasteiger partial charge is 0.160 e. The van der Waals surface area contributed by atoms with Gasteiger partial charge in [0.25, 0.3) is 0 Å². The van der Waals surface area contributed by atoms with E-state index in [0.29, 0.717) is 11.6 Å². The average molecular weight is 751 g/mol. The normalized spacial score (nSPS) is 11.6. The third-order valence-corrected chi connectivity index (χ3v) is 12.7. The van der Waals surface area contributed by atoms with Crippen molar-refractivity contribution in [3.05, 3.63) is 182 Å². The fourth-order valence-corrected chi connectivity index (χ4v) is 9.86. The summed E-state index contributed by atoms with van der Waals surface area (Å²) in [6, 6.07) is 63.7. The van der Waals surface area contributed by atoms with Crippen LogP contribution in [0.1, 0.15) is 0 Å². The van der Waals surface area contributed by atoms with Crippen molar-refractivity contribution in [1.29, 1.82) is 0 Å². The summed E-state index contributed by atoms with van der Waals surface area (Å²) in [6.07, 6.45) is 0. The van der Waals surface area contributed by atoms with Gasteiger partial charge < -0.3 is 0 Å². The Bertz CT molecular complexity index is 3020. The second-order valence-corrected chi connectivity index (χ2v) is 15.9. The molecule has 4 aromatic heterocycles. The molecule has 4 nitrogen and oxygen atoms in total. The summed E-state index contributed by atoms with van der Waals surface area (Å²) >= 11 is 3.49. The molecule has 0 saturated carbocycles. The van der Waals surface area contributed by atoms with Crippen molar-refractivity contribution < 1.29 is 0 Å². The maximum atomic E-state index is 5.32. The number of thiophene rings is 2. The molecule has 0 saturated heterocycles. The fourth-order valence-electron chi connectivity index (χ4n) is 7.55. The number of fused-ring (bicyclic) bond motifs is 6. The minimum Gasteiger partial charge on any atom is -0.226 e. The third-order valence-electron chi connectivity index (χ3n) is 10.3. The third kappa shape index (κ3) is 5.66. The minimum atomic E-state index is 0.711. The van der Waals surface area contributed by atoms with Gasteiger partial charge in [-0.2, -0.15) is 0 Å². The molecule has 0 aliphatic heterocycles. The predicted molar refractivity (Wildman–Crippen MR) is 236 cm³/mol. The van der Waals surface area contributed by atoms with Gasteiger partial charge in [0.1, 0.15) is 0 Å². The maximum Gasteiger partial charge on any atom is 0.160 e. The van der Waals surface area contributed by atoms with Crippen LogP contribution < -0.4 is 0 Å². The van der Waals surface area contributed by atoms with Crippen molar-refractivity contribution in [2.24, 2.45) is 0 Å². The molecule has 11 aromatic rings. The Morgan fingerprint density at radius 3 is 1.11 bits per heavy atom. The van der Waals surface area contributed by atoms with Crippen LogP contribution in [0.25, 0.3) is 108 Å². The second kappa shape index (κ2) is 13.5. The van der Waals surface area contributed by atoms with Crippen LogP contribution in [0.5, 0.6) is 0 Å². The first-order chi connectivity index (χ1) is 27.7. The SMILES string of the molecule is c1ccc(-c2cccc(-c3nc(-c4ccc(-c5nc(-c6cccc(-c7ccccc7)c6)nc6c5sc5ccccc56)cc4)c4sc5ccccc5c4n3)c2)cc1. The minimum absolute atomic E-state index is 0.711. The zero-order valence-electron chi connectivity index (χ0n) is 29.9. The summed E-state index contributed by atoms with van der Waals surface area (Å²) in [6.45, 7) is 0. The lowest BCUT2D eigenvalue weighted by molar-refractivity contribution is 1.23. The number of hydrogen-bond donors (Lipinski definition) is 0. The Kier molecular flexibility index (Phi) is 7.83. The summed E-state index contributed by atoms with van der Waals surface area (Å²) in [4.78, 5) is 21.1. The van der Waals surface area contributed by atoms with E-state index in [4.69, 9.17) is 19.9 Å². The van der Waals surface area contributed by atoms with E-state index in [-0.39, 0.29) is 0 Å². The number of aromatic nitrogens is 4. The largest absolute Gasteiger partial charge is 0.226 e. The average Bonchev–Trinajstić information content (AvgIpc) is 3.85. The first kappa shape index (κ1) is 32.6. The first-order valence-corrected chi connectivity index (χ1v) is 20.2. The van der Waals surface area contributed by atoms with E-state index in [9.17, 15) is 0 Å². The van der Waals surface area contributed by atoms with E-state index < -0.39 is 0 Å². The zero-order valence-corrected chi connectivity index (χ0v) is 31.6. The lowest BCUT2D eigenvalue weighted by atomic mass is 10.0. The molecule has 0 bridgehead atoms. The molecule has 0 unspecified atom stereocenters. The van der Waals surface area contributed by atoms with Crippen LogP contribution in [0, 0.1) is 0 Å². The van der Waals surface area contributed by atoms with E-state index in [1.807, 2.05) is 12.1 Å². The van der Waals surface area contributed by atoms with E-state index >= 15 is 0 Å². The van der Waals surface area contributed by atoms with E-state index in [1.165, 1.54) is 9.40 Å². The zero-order chi connectivity index (χ0) is 37.0. The van der Waals surface area contributed by atoms with Gasteiger partial charge in [0.05, 0.1) is 31.8 Å². The van der Waals surface area contributed by atoms with Crippen LogP contribution in [0.2, 0.25) is 0 Å². The van der Waals surface area contributed by atoms with Crippen molar-refractivity contribution in [3.8, 4) is 67.5 Å². The standard InChI is InChI=1S/C50H30N4S2/c1-3-13-31(14-4-1)35-17-11-19-37(29-35)49-51-43(47-45(53-49)39-21-7-9-23-41(39)55-47)33-25-27-34(28-26-33)44-48-46(40-22-8-10-24-42(40)56-48)54-50(52-44)38-20-12-18-36(30-38)32-15-5-2-6-16-32/h1-30H. The molecule has 0 fully saturated rings. The summed E-state index contributed by atoms with van der Waals surface area (Å²) in [5.41, 5.74) is 12.4. The van der Waals surface area contributed by atoms with Gasteiger partial charge >= 0.3 is 0 Å². The Balaban J connectivity index is 1.06. The van der Waals surface area contributed by atoms with Crippen molar-refractivity contribution in [1.82, 2.24) is 19.9 Å². The molecule has 0 N–H and O–H groups in total. The Morgan fingerprint density at radius 2 is 0.661 bits per heavy atom. The van der Waals surface area contributed by atoms with Crippen LogP contribution in [0.3, 0.4) is 0 Å². The number of rotatable bonds is 6. The van der Waals surface area contributed by atoms with Crippen molar-refractivity contribution in [2.75, 3.05) is 0 Å². The highest BCUT2D eigenvalue weighted by Gasteiger charge is 2.20. The topological polar surface area (TPSA) is 51.6 Å². The maximum absolute atomic E-state index is 5.32. The van der Waals surface area contributed by atoms with Crippen LogP contribution in [0.4, 0.5) is 0 Å². The lowest BCUT2D eigenvalue weighted by Gasteiger charge is -2.11. The van der Waals surface area contributed by atoms with Gasteiger partial charge in [0, 0.05) is 42.4 Å². The Labute approximate surface area is 331 Å². The Hall–Kier alpha value is -6.86. The molecule has 0 amide bonds. The molecule has 0 atom stereocenters. The van der Waals surface area contributed by atoms with Crippen molar-refractivity contribution >= 4 is 63.3 Å². The van der Waals surface area contributed by atoms with Gasteiger partial charge in [0.2, 0.25) is 0 Å². The number of nitrogens with zero attached hydrogens (tertiary/aromatic N) is 4. The summed E-state index contributed by atoms with van der Waals surface area (Å²) in [7, 11) is 0. The van der Waals surface area contributed by atoms with Crippen molar-refractivity contribution in [2.45, 2.75) is 0 Å². The molecular formula is C50H30N4S2. The first-order valence-electron chi connectivity index (χ1n) is 18.5. The van der Waals surface area contributed by atoms with Gasteiger partial charge in [-0.15, -0.1) is 22.7 Å². The predicted octanol–water partition coefficient (Wildman–Crippen LogP) is 14.0. The molecule has 262 valence electrons. The number of benzene rings is 7. The quantitative estimate of drug-likeness (QED) is 0.170. The van der Waals surface area contributed by atoms with Gasteiger partial charge in [-0.3, -0.25) is 0 Å². The van der Waals surface area contributed by atoms with Gasteiger partial charge in [-0.1, -0.05) is 158 Å². The highest BCUT2D eigenvalue weighted by Crippen LogP contribution is 2.42. The fraction of sp³-hybridized carbons (Fsp3) is 0. The van der Waals surface area contributed by atoms with E-state index in [2.05, 4.69) is 170 Å². The molecule has 4 heterocycles. The van der Waals surface area contributed by atoms with Gasteiger partial charge in [0.15, 0.2) is 11.6 Å².